The second-order valence-corrected chi connectivity index (χ2v) is 8.23. The SMILES string of the molecule is CCNC(=NCc1ccccc1CN1CCCCC1)NCCCn1nc(C)cc1C. The molecule has 0 unspecified atom stereocenters. The van der Waals surface area contributed by atoms with E-state index >= 15 is 0 Å². The zero-order valence-corrected chi connectivity index (χ0v) is 19.0. The van der Waals surface area contributed by atoms with Gasteiger partial charge in [-0.1, -0.05) is 30.7 Å². The first kappa shape index (κ1) is 22.3. The van der Waals surface area contributed by atoms with Crippen molar-refractivity contribution in [2.24, 2.45) is 4.99 Å². The highest BCUT2D eigenvalue weighted by atomic mass is 15.3. The summed E-state index contributed by atoms with van der Waals surface area (Å²) in [6.45, 7) is 13.1. The molecule has 1 fully saturated rings. The van der Waals surface area contributed by atoms with Crippen LogP contribution in [-0.4, -0.2) is 46.8 Å². The molecular weight excluding hydrogens is 372 g/mol. The van der Waals surface area contributed by atoms with E-state index in [0.717, 1.165) is 44.3 Å². The second kappa shape index (κ2) is 11.7. The number of hydrogen-bond donors (Lipinski definition) is 2. The number of hydrogen-bond acceptors (Lipinski definition) is 3. The Balaban J connectivity index is 1.53. The first-order chi connectivity index (χ1) is 14.7. The molecule has 2 heterocycles. The molecule has 0 spiro atoms. The van der Waals surface area contributed by atoms with Crippen LogP contribution in [0.15, 0.2) is 35.3 Å². The highest BCUT2D eigenvalue weighted by molar-refractivity contribution is 5.79. The molecule has 3 rings (SSSR count). The quantitative estimate of drug-likeness (QED) is 0.377. The van der Waals surface area contributed by atoms with E-state index in [0.29, 0.717) is 6.54 Å². The number of nitrogens with one attached hydrogen (secondary N) is 2. The number of aryl methyl sites for hydroxylation is 3. The molecule has 30 heavy (non-hydrogen) atoms. The monoisotopic (exact) mass is 410 g/mol. The largest absolute Gasteiger partial charge is 0.357 e. The number of likely N-dealkylation sites (tertiary alicyclic amines) is 1. The van der Waals surface area contributed by atoms with Crippen LogP contribution in [0.1, 0.15) is 55.1 Å². The summed E-state index contributed by atoms with van der Waals surface area (Å²) in [7, 11) is 0. The minimum absolute atomic E-state index is 0.705. The summed E-state index contributed by atoms with van der Waals surface area (Å²) >= 11 is 0. The Morgan fingerprint density at radius 2 is 1.83 bits per heavy atom. The maximum Gasteiger partial charge on any atom is 0.191 e. The van der Waals surface area contributed by atoms with E-state index in [1.54, 1.807) is 0 Å². The van der Waals surface area contributed by atoms with Crippen molar-refractivity contribution in [2.45, 2.75) is 66.1 Å². The van der Waals surface area contributed by atoms with Gasteiger partial charge in [0.25, 0.3) is 0 Å². The zero-order chi connectivity index (χ0) is 21.2. The zero-order valence-electron chi connectivity index (χ0n) is 19.0. The van der Waals surface area contributed by atoms with Crippen molar-refractivity contribution in [1.29, 1.82) is 0 Å². The third kappa shape index (κ3) is 6.87. The van der Waals surface area contributed by atoms with Gasteiger partial charge in [0.15, 0.2) is 5.96 Å². The van der Waals surface area contributed by atoms with Gasteiger partial charge in [-0.05, 0) is 70.3 Å². The molecule has 2 N–H and O–H groups in total. The van der Waals surface area contributed by atoms with Crippen LogP contribution in [-0.2, 0) is 19.6 Å². The van der Waals surface area contributed by atoms with Gasteiger partial charge in [0.1, 0.15) is 0 Å². The van der Waals surface area contributed by atoms with Gasteiger partial charge in [0, 0.05) is 31.9 Å². The summed E-state index contributed by atoms with van der Waals surface area (Å²) in [5, 5.41) is 11.4. The first-order valence-corrected chi connectivity index (χ1v) is 11.5. The van der Waals surface area contributed by atoms with E-state index < -0.39 is 0 Å². The van der Waals surface area contributed by atoms with Crippen molar-refractivity contribution in [3.8, 4) is 0 Å². The van der Waals surface area contributed by atoms with Gasteiger partial charge in [-0.3, -0.25) is 9.58 Å². The molecule has 0 amide bonds. The number of aromatic nitrogens is 2. The Kier molecular flexibility index (Phi) is 8.75. The van der Waals surface area contributed by atoms with Gasteiger partial charge in [-0.2, -0.15) is 5.10 Å². The van der Waals surface area contributed by atoms with Crippen molar-refractivity contribution in [2.75, 3.05) is 26.2 Å². The standard InChI is InChI=1S/C24H38N6/c1-4-25-24(26-13-10-16-30-21(3)17-20(2)28-30)27-18-22-11-6-7-12-23(22)19-29-14-8-5-9-15-29/h6-7,11-12,17H,4-5,8-10,13-16,18-19H2,1-3H3,(H2,25,26,27). The lowest BCUT2D eigenvalue weighted by atomic mass is 10.1. The molecule has 6 heteroatoms. The van der Waals surface area contributed by atoms with Crippen LogP contribution < -0.4 is 10.6 Å². The Labute approximate surface area is 181 Å². The summed E-state index contributed by atoms with van der Waals surface area (Å²) in [4.78, 5) is 7.44. The summed E-state index contributed by atoms with van der Waals surface area (Å²) < 4.78 is 2.08. The fourth-order valence-electron chi connectivity index (χ4n) is 4.07. The van der Waals surface area contributed by atoms with Crippen molar-refractivity contribution in [3.63, 3.8) is 0 Å². The fraction of sp³-hybridized carbons (Fsp3) is 0.583. The van der Waals surface area contributed by atoms with Crippen LogP contribution in [0, 0.1) is 13.8 Å². The van der Waals surface area contributed by atoms with Crippen LogP contribution >= 0.6 is 0 Å². The van der Waals surface area contributed by atoms with Crippen molar-refractivity contribution in [1.82, 2.24) is 25.3 Å². The smallest absolute Gasteiger partial charge is 0.191 e. The minimum Gasteiger partial charge on any atom is -0.357 e. The van der Waals surface area contributed by atoms with Gasteiger partial charge in [0.2, 0.25) is 0 Å². The normalized spacial score (nSPS) is 15.4. The molecule has 0 atom stereocenters. The predicted octanol–water partition coefficient (Wildman–Crippen LogP) is 3.63. The lowest BCUT2D eigenvalue weighted by Gasteiger charge is -2.27. The number of benzene rings is 1. The number of aliphatic imine (C=N–C) groups is 1. The van der Waals surface area contributed by atoms with Crippen LogP contribution in [0.4, 0.5) is 0 Å². The molecule has 164 valence electrons. The average molecular weight is 411 g/mol. The molecule has 0 bridgehead atoms. The van der Waals surface area contributed by atoms with E-state index in [4.69, 9.17) is 4.99 Å². The Hall–Kier alpha value is -2.34. The third-order valence-electron chi connectivity index (χ3n) is 5.66. The second-order valence-electron chi connectivity index (χ2n) is 8.23. The molecule has 1 aromatic heterocycles. The van der Waals surface area contributed by atoms with E-state index in [1.807, 2.05) is 6.92 Å². The maximum absolute atomic E-state index is 4.86. The van der Waals surface area contributed by atoms with Crippen LogP contribution in [0.5, 0.6) is 0 Å². The van der Waals surface area contributed by atoms with Gasteiger partial charge in [-0.15, -0.1) is 0 Å². The lowest BCUT2D eigenvalue weighted by molar-refractivity contribution is 0.220. The highest BCUT2D eigenvalue weighted by Gasteiger charge is 2.12. The number of nitrogens with zero attached hydrogens (tertiary/aromatic N) is 4. The van der Waals surface area contributed by atoms with Gasteiger partial charge in [0.05, 0.1) is 12.2 Å². The molecule has 2 aromatic rings. The Bertz CT molecular complexity index is 804. The topological polar surface area (TPSA) is 57.5 Å². The van der Waals surface area contributed by atoms with Crippen molar-refractivity contribution >= 4 is 5.96 Å². The minimum atomic E-state index is 0.705. The van der Waals surface area contributed by atoms with E-state index in [9.17, 15) is 0 Å². The van der Waals surface area contributed by atoms with Gasteiger partial charge < -0.3 is 10.6 Å². The lowest BCUT2D eigenvalue weighted by Crippen LogP contribution is -2.38. The molecule has 1 aromatic carbocycles. The number of guanidine groups is 1. The average Bonchev–Trinajstić information content (AvgIpc) is 3.08. The highest BCUT2D eigenvalue weighted by Crippen LogP contribution is 2.16. The van der Waals surface area contributed by atoms with Crippen LogP contribution in [0.2, 0.25) is 0 Å². The molecular formula is C24H38N6. The van der Waals surface area contributed by atoms with E-state index in [1.165, 1.54) is 49.2 Å². The summed E-state index contributed by atoms with van der Waals surface area (Å²) in [5.74, 6) is 0.888. The fourth-order valence-corrected chi connectivity index (χ4v) is 4.07. The predicted molar refractivity (Wildman–Crippen MR) is 125 cm³/mol. The van der Waals surface area contributed by atoms with Gasteiger partial charge >= 0.3 is 0 Å². The third-order valence-corrected chi connectivity index (χ3v) is 5.66. The molecule has 0 radical (unpaired) electrons. The Morgan fingerprint density at radius 3 is 2.53 bits per heavy atom. The number of rotatable bonds is 9. The van der Waals surface area contributed by atoms with Crippen molar-refractivity contribution < 1.29 is 0 Å². The summed E-state index contributed by atoms with van der Waals surface area (Å²) in [6, 6.07) is 10.9. The van der Waals surface area contributed by atoms with Gasteiger partial charge in [-0.25, -0.2) is 4.99 Å². The van der Waals surface area contributed by atoms with Crippen LogP contribution in [0.25, 0.3) is 0 Å². The summed E-state index contributed by atoms with van der Waals surface area (Å²) in [6.07, 6.45) is 5.04. The molecule has 0 aliphatic carbocycles. The molecule has 6 nitrogen and oxygen atoms in total. The maximum atomic E-state index is 4.86. The molecule has 0 saturated carbocycles. The Morgan fingerprint density at radius 1 is 1.07 bits per heavy atom. The summed E-state index contributed by atoms with van der Waals surface area (Å²) in [5.41, 5.74) is 5.03. The van der Waals surface area contributed by atoms with E-state index in [2.05, 4.69) is 69.5 Å². The van der Waals surface area contributed by atoms with Crippen LogP contribution in [0.3, 0.4) is 0 Å². The number of piperidine rings is 1. The van der Waals surface area contributed by atoms with E-state index in [-0.39, 0.29) is 0 Å². The molecule has 1 saturated heterocycles. The van der Waals surface area contributed by atoms with Crippen molar-refractivity contribution in [3.05, 3.63) is 52.8 Å². The molecule has 1 aliphatic heterocycles. The molecule has 1 aliphatic rings. The first-order valence-electron chi connectivity index (χ1n) is 11.5.